The van der Waals surface area contributed by atoms with Crippen molar-refractivity contribution < 1.29 is 9.53 Å². The zero-order valence-electron chi connectivity index (χ0n) is 12.7. The largest absolute Gasteiger partial charge is 0.377 e. The van der Waals surface area contributed by atoms with Crippen LogP contribution in [-0.2, 0) is 9.53 Å². The molecule has 2 heterocycles. The van der Waals surface area contributed by atoms with Crippen LogP contribution in [0.1, 0.15) is 26.7 Å². The highest BCUT2D eigenvalue weighted by atomic mass is 35.5. The van der Waals surface area contributed by atoms with Crippen molar-refractivity contribution in [2.24, 2.45) is 17.1 Å². The molecule has 1 aliphatic carbocycles. The lowest BCUT2D eigenvalue weighted by atomic mass is 9.46. The Morgan fingerprint density at radius 1 is 1.36 bits per heavy atom. The minimum Gasteiger partial charge on any atom is -0.377 e. The van der Waals surface area contributed by atoms with Gasteiger partial charge in [0.25, 0.3) is 0 Å². The van der Waals surface area contributed by atoms with Crippen LogP contribution in [0, 0.1) is 11.3 Å². The van der Waals surface area contributed by atoms with Crippen LogP contribution >= 0.6 is 24.8 Å². The average molecular weight is 348 g/mol. The number of rotatable bonds is 2. The van der Waals surface area contributed by atoms with Crippen LogP contribution in [-0.4, -0.2) is 29.1 Å². The number of carbonyl (C=O) groups excluding carboxylic acids is 1. The van der Waals surface area contributed by atoms with Crippen LogP contribution in [0.2, 0.25) is 0 Å². The van der Waals surface area contributed by atoms with Crippen LogP contribution in [0.15, 0.2) is 24.5 Å². The molecule has 7 heteroatoms. The summed E-state index contributed by atoms with van der Waals surface area (Å²) < 4.78 is 5.82. The predicted molar refractivity (Wildman–Crippen MR) is 90.5 cm³/mol. The summed E-state index contributed by atoms with van der Waals surface area (Å²) in [6, 6.07) is 3.53. The Balaban J connectivity index is 0.00000121. The molecule has 124 valence electrons. The summed E-state index contributed by atoms with van der Waals surface area (Å²) in [6.45, 7) is 4.81. The number of ether oxygens (including phenoxy) is 1. The molecule has 5 nitrogen and oxygen atoms in total. The molecule has 0 aromatic carbocycles. The third kappa shape index (κ3) is 2.60. The molecule has 22 heavy (non-hydrogen) atoms. The van der Waals surface area contributed by atoms with Gasteiger partial charge in [-0.05, 0) is 25.0 Å². The summed E-state index contributed by atoms with van der Waals surface area (Å²) >= 11 is 0. The first-order chi connectivity index (χ1) is 9.48. The lowest BCUT2D eigenvalue weighted by molar-refractivity contribution is -0.222. The van der Waals surface area contributed by atoms with Crippen LogP contribution < -0.4 is 11.1 Å². The number of nitrogens with one attached hydrogen (secondary N) is 1. The van der Waals surface area contributed by atoms with E-state index in [1.54, 1.807) is 24.5 Å². The van der Waals surface area contributed by atoms with E-state index in [1.165, 1.54) is 0 Å². The van der Waals surface area contributed by atoms with Gasteiger partial charge in [-0.25, -0.2) is 0 Å². The molecule has 2 aliphatic rings. The molecule has 1 saturated carbocycles. The molecule has 1 saturated heterocycles. The summed E-state index contributed by atoms with van der Waals surface area (Å²) in [4.78, 5) is 16.6. The number of pyridine rings is 1. The SMILES string of the molecule is CC1(C)C2OCCCC2C1(N)C(=O)Nc1ccncc1.Cl.Cl. The summed E-state index contributed by atoms with van der Waals surface area (Å²) in [5.74, 6) is -0.0199. The molecule has 3 N–H and O–H groups in total. The fourth-order valence-corrected chi connectivity index (χ4v) is 3.71. The smallest absolute Gasteiger partial charge is 0.245 e. The molecule has 1 amide bonds. The van der Waals surface area contributed by atoms with E-state index in [-0.39, 0.29) is 48.2 Å². The second-order valence-electron chi connectivity index (χ2n) is 6.32. The minimum atomic E-state index is -0.874. The van der Waals surface area contributed by atoms with E-state index >= 15 is 0 Å². The van der Waals surface area contributed by atoms with Gasteiger partial charge in [0.15, 0.2) is 0 Å². The van der Waals surface area contributed by atoms with Crippen LogP contribution in [0.5, 0.6) is 0 Å². The summed E-state index contributed by atoms with van der Waals surface area (Å²) in [7, 11) is 0. The molecule has 3 rings (SSSR count). The molecule has 2 fully saturated rings. The van der Waals surface area contributed by atoms with Crippen molar-refractivity contribution in [3.63, 3.8) is 0 Å². The van der Waals surface area contributed by atoms with Crippen molar-refractivity contribution in [1.82, 2.24) is 4.98 Å². The summed E-state index contributed by atoms with van der Waals surface area (Å²) in [5.41, 5.74) is 6.02. The zero-order chi connectivity index (χ0) is 14.4. The summed E-state index contributed by atoms with van der Waals surface area (Å²) in [6.07, 6.45) is 5.31. The maximum Gasteiger partial charge on any atom is 0.245 e. The molecule has 1 aliphatic heterocycles. The van der Waals surface area contributed by atoms with Gasteiger partial charge in [-0.15, -0.1) is 24.8 Å². The van der Waals surface area contributed by atoms with E-state index in [0.717, 1.165) is 25.1 Å². The normalized spacial score (nSPS) is 31.6. The first-order valence-electron chi connectivity index (χ1n) is 7.10. The number of anilines is 1. The van der Waals surface area contributed by atoms with Crippen molar-refractivity contribution in [2.45, 2.75) is 38.3 Å². The minimum absolute atomic E-state index is 0. The van der Waals surface area contributed by atoms with Gasteiger partial charge < -0.3 is 15.8 Å². The van der Waals surface area contributed by atoms with E-state index < -0.39 is 5.54 Å². The second kappa shape index (κ2) is 6.71. The number of halogens is 2. The highest BCUT2D eigenvalue weighted by Crippen LogP contribution is 2.57. The van der Waals surface area contributed by atoms with Crippen molar-refractivity contribution in [1.29, 1.82) is 0 Å². The number of fused-ring (bicyclic) bond motifs is 1. The predicted octanol–water partition coefficient (Wildman–Crippen LogP) is 2.40. The Labute approximate surface area is 143 Å². The van der Waals surface area contributed by atoms with Gasteiger partial charge in [0.1, 0.15) is 5.54 Å². The number of aromatic nitrogens is 1. The third-order valence-corrected chi connectivity index (χ3v) is 5.00. The standard InChI is InChI=1S/C15H21N3O2.2ClH/c1-14(2)12-11(4-3-9-20-12)15(14,16)13(19)18-10-5-7-17-8-6-10;;/h5-8,11-12H,3-4,9,16H2,1-2H3,(H,17,18,19);2*1H. The fourth-order valence-electron chi connectivity index (χ4n) is 3.71. The van der Waals surface area contributed by atoms with Gasteiger partial charge >= 0.3 is 0 Å². The maximum absolute atomic E-state index is 12.7. The lowest BCUT2D eigenvalue weighted by Crippen LogP contribution is -2.81. The van der Waals surface area contributed by atoms with Crippen molar-refractivity contribution >= 4 is 36.4 Å². The monoisotopic (exact) mass is 347 g/mol. The number of hydrogen-bond donors (Lipinski definition) is 2. The third-order valence-electron chi connectivity index (χ3n) is 5.00. The van der Waals surface area contributed by atoms with Gasteiger partial charge in [-0.1, -0.05) is 13.8 Å². The molecular formula is C15H23Cl2N3O2. The zero-order valence-corrected chi connectivity index (χ0v) is 14.4. The molecule has 3 unspecified atom stereocenters. The van der Waals surface area contributed by atoms with Gasteiger partial charge in [0.2, 0.25) is 5.91 Å². The topological polar surface area (TPSA) is 77.2 Å². The summed E-state index contributed by atoms with van der Waals surface area (Å²) in [5, 5.41) is 2.91. The van der Waals surface area contributed by atoms with Crippen molar-refractivity contribution in [2.75, 3.05) is 11.9 Å². The van der Waals surface area contributed by atoms with Crippen molar-refractivity contribution in [3.05, 3.63) is 24.5 Å². The molecule has 1 aromatic rings. The van der Waals surface area contributed by atoms with E-state index in [4.69, 9.17) is 10.5 Å². The van der Waals surface area contributed by atoms with Crippen molar-refractivity contribution in [3.8, 4) is 0 Å². The average Bonchev–Trinajstić information content (AvgIpc) is 2.47. The quantitative estimate of drug-likeness (QED) is 0.860. The van der Waals surface area contributed by atoms with Crippen LogP contribution in [0.3, 0.4) is 0 Å². The van der Waals surface area contributed by atoms with Gasteiger partial charge in [-0.2, -0.15) is 0 Å². The molecule has 3 atom stereocenters. The fraction of sp³-hybridized carbons (Fsp3) is 0.600. The number of amides is 1. The molecule has 1 aromatic heterocycles. The molecule has 0 spiro atoms. The van der Waals surface area contributed by atoms with E-state index in [1.807, 2.05) is 13.8 Å². The first-order valence-corrected chi connectivity index (χ1v) is 7.10. The number of hydrogen-bond acceptors (Lipinski definition) is 4. The molecule has 0 bridgehead atoms. The van der Waals surface area contributed by atoms with Crippen LogP contribution in [0.25, 0.3) is 0 Å². The maximum atomic E-state index is 12.7. The Hall–Kier alpha value is -0.880. The highest BCUT2D eigenvalue weighted by Gasteiger charge is 2.70. The first kappa shape index (κ1) is 19.2. The Morgan fingerprint density at radius 2 is 2.00 bits per heavy atom. The highest BCUT2D eigenvalue weighted by molar-refractivity contribution is 6.00. The Morgan fingerprint density at radius 3 is 2.64 bits per heavy atom. The number of carbonyl (C=O) groups is 1. The Bertz CT molecular complexity index is 527. The van der Waals surface area contributed by atoms with E-state index in [9.17, 15) is 4.79 Å². The van der Waals surface area contributed by atoms with E-state index in [2.05, 4.69) is 10.3 Å². The molecular weight excluding hydrogens is 325 g/mol. The van der Waals surface area contributed by atoms with Crippen LogP contribution in [0.4, 0.5) is 5.69 Å². The van der Waals surface area contributed by atoms with Gasteiger partial charge in [-0.3, -0.25) is 9.78 Å². The van der Waals surface area contributed by atoms with Gasteiger partial charge in [0, 0.05) is 36.0 Å². The number of nitrogens with zero attached hydrogens (tertiary/aromatic N) is 1. The molecule has 0 radical (unpaired) electrons. The van der Waals surface area contributed by atoms with Gasteiger partial charge in [0.05, 0.1) is 6.10 Å². The second-order valence-corrected chi connectivity index (χ2v) is 6.32. The number of nitrogens with two attached hydrogens (primary N) is 1. The Kier molecular flexibility index (Phi) is 5.84. The lowest BCUT2D eigenvalue weighted by Gasteiger charge is -2.65. The van der Waals surface area contributed by atoms with E-state index in [0.29, 0.717) is 0 Å².